The molecule has 0 saturated heterocycles. The summed E-state index contributed by atoms with van der Waals surface area (Å²) in [5.74, 6) is -1.57. The van der Waals surface area contributed by atoms with Crippen LogP contribution in [-0.4, -0.2) is 32.6 Å². The van der Waals surface area contributed by atoms with Crippen molar-refractivity contribution in [1.29, 1.82) is 0 Å². The van der Waals surface area contributed by atoms with E-state index in [0.29, 0.717) is 5.56 Å². The van der Waals surface area contributed by atoms with Gasteiger partial charge in [-0.05, 0) is 17.5 Å². The van der Waals surface area contributed by atoms with Crippen LogP contribution in [0.5, 0.6) is 0 Å². The third-order valence-electron chi connectivity index (χ3n) is 2.78. The highest BCUT2D eigenvalue weighted by atomic mass is 32.2. The summed E-state index contributed by atoms with van der Waals surface area (Å²) in [6.45, 7) is 3.42. The summed E-state index contributed by atoms with van der Waals surface area (Å²) in [6, 6.07) is 5.17. The van der Waals surface area contributed by atoms with E-state index in [4.69, 9.17) is 9.84 Å². The van der Waals surface area contributed by atoms with Gasteiger partial charge in [-0.1, -0.05) is 32.0 Å². The Kier molecular flexibility index (Phi) is 5.67. The van der Waals surface area contributed by atoms with Crippen molar-refractivity contribution in [3.63, 3.8) is 0 Å². The second-order valence-electron chi connectivity index (χ2n) is 4.72. The minimum absolute atomic E-state index is 0.0359. The highest BCUT2D eigenvalue weighted by molar-refractivity contribution is 7.89. The summed E-state index contributed by atoms with van der Waals surface area (Å²) >= 11 is 0. The predicted octanol–water partition coefficient (Wildman–Crippen LogP) is 1.22. The van der Waals surface area contributed by atoms with Crippen LogP contribution in [0.15, 0.2) is 29.2 Å². The molecule has 7 heteroatoms. The largest absolute Gasteiger partial charge is 0.480 e. The van der Waals surface area contributed by atoms with E-state index in [9.17, 15) is 13.2 Å². The average Bonchev–Trinajstić information content (AvgIpc) is 2.36. The molecule has 1 rings (SSSR count). The molecule has 1 aromatic rings. The molecule has 0 unspecified atom stereocenters. The molecule has 0 radical (unpaired) electrons. The third kappa shape index (κ3) is 4.03. The molecule has 0 aliphatic carbocycles. The maximum Gasteiger partial charge on any atom is 0.322 e. The van der Waals surface area contributed by atoms with Crippen molar-refractivity contribution in [2.45, 2.75) is 31.4 Å². The van der Waals surface area contributed by atoms with Crippen LogP contribution in [0.4, 0.5) is 0 Å². The minimum atomic E-state index is -3.91. The summed E-state index contributed by atoms with van der Waals surface area (Å²) in [7, 11) is -2.45. The van der Waals surface area contributed by atoms with Crippen molar-refractivity contribution < 1.29 is 23.1 Å². The lowest BCUT2D eigenvalue weighted by Crippen LogP contribution is -2.44. The molecule has 0 fully saturated rings. The maximum atomic E-state index is 12.3. The number of carbonyl (C=O) groups is 1. The van der Waals surface area contributed by atoms with Crippen LogP contribution >= 0.6 is 0 Å². The quantitative estimate of drug-likeness (QED) is 0.790. The van der Waals surface area contributed by atoms with E-state index < -0.39 is 22.0 Å². The molecular formula is C13H19NO5S. The van der Waals surface area contributed by atoms with Gasteiger partial charge in [0.15, 0.2) is 0 Å². The standard InChI is InChI=1S/C13H19NO5S/c1-9(2)12(13(15)16)14-20(17,18)11-7-5-4-6-10(11)8-19-3/h4-7,9,12,14H,8H2,1-3H3,(H,15,16)/t12-/m0/s1. The second kappa shape index (κ2) is 6.83. The third-order valence-corrected chi connectivity index (χ3v) is 4.32. The summed E-state index contributed by atoms with van der Waals surface area (Å²) in [6.07, 6.45) is 0. The zero-order valence-electron chi connectivity index (χ0n) is 11.7. The normalized spacial score (nSPS) is 13.4. The molecule has 1 aromatic carbocycles. The number of carboxylic acids is 1. The fourth-order valence-corrected chi connectivity index (χ4v) is 3.31. The minimum Gasteiger partial charge on any atom is -0.480 e. The molecule has 0 saturated carbocycles. The number of aliphatic carboxylic acids is 1. The van der Waals surface area contributed by atoms with Gasteiger partial charge in [0.05, 0.1) is 11.5 Å². The number of carboxylic acid groups (broad SMARTS) is 1. The Labute approximate surface area is 118 Å². The Morgan fingerprint density at radius 2 is 1.95 bits per heavy atom. The van der Waals surface area contributed by atoms with E-state index in [1.807, 2.05) is 0 Å². The first-order valence-corrected chi connectivity index (χ1v) is 7.60. The lowest BCUT2D eigenvalue weighted by atomic mass is 10.1. The predicted molar refractivity (Wildman–Crippen MR) is 73.7 cm³/mol. The number of ether oxygens (including phenoxy) is 1. The van der Waals surface area contributed by atoms with Gasteiger partial charge in [-0.3, -0.25) is 4.79 Å². The molecule has 0 aromatic heterocycles. The molecule has 0 aliphatic heterocycles. The molecule has 0 amide bonds. The van der Waals surface area contributed by atoms with Crippen molar-refractivity contribution >= 4 is 16.0 Å². The fourth-order valence-electron chi connectivity index (χ4n) is 1.74. The summed E-state index contributed by atoms with van der Waals surface area (Å²) in [4.78, 5) is 11.1. The lowest BCUT2D eigenvalue weighted by Gasteiger charge is -2.19. The molecule has 0 aliphatic rings. The van der Waals surface area contributed by atoms with Crippen LogP contribution in [0.3, 0.4) is 0 Å². The van der Waals surface area contributed by atoms with Gasteiger partial charge in [0.2, 0.25) is 10.0 Å². The van der Waals surface area contributed by atoms with Crippen molar-refractivity contribution in [2.75, 3.05) is 7.11 Å². The molecule has 0 bridgehead atoms. The number of sulfonamides is 1. The number of methoxy groups -OCH3 is 1. The monoisotopic (exact) mass is 301 g/mol. The van der Waals surface area contributed by atoms with E-state index in [1.54, 1.807) is 32.0 Å². The highest BCUT2D eigenvalue weighted by Gasteiger charge is 2.29. The molecular weight excluding hydrogens is 282 g/mol. The van der Waals surface area contributed by atoms with Crippen LogP contribution < -0.4 is 4.72 Å². The Morgan fingerprint density at radius 3 is 2.45 bits per heavy atom. The van der Waals surface area contributed by atoms with Crippen LogP contribution in [0, 0.1) is 5.92 Å². The van der Waals surface area contributed by atoms with Gasteiger partial charge in [-0.25, -0.2) is 8.42 Å². The van der Waals surface area contributed by atoms with E-state index in [2.05, 4.69) is 4.72 Å². The van der Waals surface area contributed by atoms with Crippen molar-refractivity contribution in [2.24, 2.45) is 5.92 Å². The average molecular weight is 301 g/mol. The van der Waals surface area contributed by atoms with Crippen molar-refractivity contribution in [3.05, 3.63) is 29.8 Å². The Balaban J connectivity index is 3.14. The van der Waals surface area contributed by atoms with Crippen molar-refractivity contribution in [1.82, 2.24) is 4.72 Å². The highest BCUT2D eigenvalue weighted by Crippen LogP contribution is 2.17. The Hall–Kier alpha value is -1.44. The molecule has 1 atom stereocenters. The van der Waals surface area contributed by atoms with Gasteiger partial charge in [0.1, 0.15) is 6.04 Å². The summed E-state index contributed by atoms with van der Waals surface area (Å²) in [5, 5.41) is 9.07. The molecule has 20 heavy (non-hydrogen) atoms. The van der Waals surface area contributed by atoms with E-state index in [0.717, 1.165) is 0 Å². The second-order valence-corrected chi connectivity index (χ2v) is 6.40. The van der Waals surface area contributed by atoms with Crippen LogP contribution in [0.2, 0.25) is 0 Å². The van der Waals surface area contributed by atoms with E-state index >= 15 is 0 Å². The zero-order chi connectivity index (χ0) is 15.3. The molecule has 112 valence electrons. The number of benzene rings is 1. The smallest absolute Gasteiger partial charge is 0.322 e. The topological polar surface area (TPSA) is 92.7 Å². The first kappa shape index (κ1) is 16.6. The summed E-state index contributed by atoms with van der Waals surface area (Å²) < 4.78 is 31.8. The van der Waals surface area contributed by atoms with E-state index in [1.165, 1.54) is 13.2 Å². The van der Waals surface area contributed by atoms with Crippen LogP contribution in [-0.2, 0) is 26.2 Å². The first-order chi connectivity index (χ1) is 9.29. The maximum absolute atomic E-state index is 12.3. The van der Waals surface area contributed by atoms with Gasteiger partial charge in [0, 0.05) is 7.11 Å². The zero-order valence-corrected chi connectivity index (χ0v) is 12.5. The van der Waals surface area contributed by atoms with Crippen LogP contribution in [0.1, 0.15) is 19.4 Å². The van der Waals surface area contributed by atoms with E-state index in [-0.39, 0.29) is 17.4 Å². The van der Waals surface area contributed by atoms with Crippen LogP contribution in [0.25, 0.3) is 0 Å². The molecule has 0 heterocycles. The Bertz CT molecular complexity index is 568. The van der Waals surface area contributed by atoms with Gasteiger partial charge in [0.25, 0.3) is 0 Å². The molecule has 0 spiro atoms. The first-order valence-electron chi connectivity index (χ1n) is 6.11. The summed E-state index contributed by atoms with van der Waals surface area (Å²) in [5.41, 5.74) is 0.482. The molecule has 6 nitrogen and oxygen atoms in total. The fraction of sp³-hybridized carbons (Fsp3) is 0.462. The molecule has 2 N–H and O–H groups in total. The number of nitrogens with one attached hydrogen (secondary N) is 1. The number of rotatable bonds is 7. The van der Waals surface area contributed by atoms with Crippen molar-refractivity contribution in [3.8, 4) is 0 Å². The van der Waals surface area contributed by atoms with Gasteiger partial charge < -0.3 is 9.84 Å². The number of hydrogen-bond acceptors (Lipinski definition) is 4. The van der Waals surface area contributed by atoms with Gasteiger partial charge in [-0.2, -0.15) is 4.72 Å². The van der Waals surface area contributed by atoms with Gasteiger partial charge >= 0.3 is 5.97 Å². The van der Waals surface area contributed by atoms with Gasteiger partial charge in [-0.15, -0.1) is 0 Å². The lowest BCUT2D eigenvalue weighted by molar-refractivity contribution is -0.140. The Morgan fingerprint density at radius 1 is 1.35 bits per heavy atom. The number of hydrogen-bond donors (Lipinski definition) is 2. The SMILES string of the molecule is COCc1ccccc1S(=O)(=O)N[C@H](C(=O)O)C(C)C.